The summed E-state index contributed by atoms with van der Waals surface area (Å²) >= 11 is 5.76. The van der Waals surface area contributed by atoms with E-state index in [1.54, 1.807) is 0 Å². The molecule has 1 unspecified atom stereocenters. The van der Waals surface area contributed by atoms with Crippen molar-refractivity contribution in [2.45, 2.75) is 19.8 Å². The Labute approximate surface area is 96.3 Å². The number of aromatic nitrogens is 1. The third kappa shape index (κ3) is 2.63. The molecule has 0 radical (unpaired) electrons. The average Bonchev–Trinajstić information content (AvgIpc) is 2.68. The number of hydrogen-bond donors (Lipinski definition) is 0. The highest BCUT2D eigenvalue weighted by Crippen LogP contribution is 2.24. The van der Waals surface area contributed by atoms with Crippen molar-refractivity contribution in [2.24, 2.45) is 5.92 Å². The Kier molecular flexibility index (Phi) is 3.47. The number of nitrogens with zero attached hydrogens (tertiary/aromatic N) is 2. The number of halogens is 1. The fourth-order valence-corrected chi connectivity index (χ4v) is 2.39. The fourth-order valence-electron chi connectivity index (χ4n) is 2.08. The lowest BCUT2D eigenvalue weighted by atomic mass is 10.1. The Bertz CT molecular complexity index is 310. The van der Waals surface area contributed by atoms with E-state index in [0.717, 1.165) is 37.1 Å². The summed E-state index contributed by atoms with van der Waals surface area (Å²) in [6.07, 6.45) is 4.32. The minimum absolute atomic E-state index is 0.755. The normalized spacial score (nSPS) is 20.9. The number of anilines is 1. The molecule has 1 aliphatic rings. The molecule has 0 N–H and O–H groups in total. The van der Waals surface area contributed by atoms with E-state index in [1.807, 2.05) is 6.20 Å². The SMILES string of the molecule is Cc1ccc(N2CCC(CCCl)C2)nc1. The van der Waals surface area contributed by atoms with Gasteiger partial charge < -0.3 is 4.90 Å². The lowest BCUT2D eigenvalue weighted by Gasteiger charge is -2.17. The largest absolute Gasteiger partial charge is 0.356 e. The maximum atomic E-state index is 5.76. The van der Waals surface area contributed by atoms with Crippen molar-refractivity contribution >= 4 is 17.4 Å². The van der Waals surface area contributed by atoms with E-state index in [-0.39, 0.29) is 0 Å². The molecule has 1 atom stereocenters. The zero-order chi connectivity index (χ0) is 10.7. The summed E-state index contributed by atoms with van der Waals surface area (Å²) in [4.78, 5) is 6.81. The third-order valence-corrected chi connectivity index (χ3v) is 3.24. The molecule has 0 amide bonds. The third-order valence-electron chi connectivity index (χ3n) is 3.02. The van der Waals surface area contributed by atoms with Gasteiger partial charge >= 0.3 is 0 Å². The molecule has 0 bridgehead atoms. The van der Waals surface area contributed by atoms with Crippen molar-refractivity contribution in [3.05, 3.63) is 23.9 Å². The summed E-state index contributed by atoms with van der Waals surface area (Å²) in [5, 5.41) is 0. The fraction of sp³-hybridized carbons (Fsp3) is 0.583. The maximum absolute atomic E-state index is 5.76. The average molecular weight is 225 g/mol. The van der Waals surface area contributed by atoms with Crippen LogP contribution in [0.5, 0.6) is 0 Å². The lowest BCUT2D eigenvalue weighted by Crippen LogP contribution is -2.20. The van der Waals surface area contributed by atoms with Crippen LogP contribution in [-0.2, 0) is 0 Å². The molecule has 2 heterocycles. The Hall–Kier alpha value is -0.760. The van der Waals surface area contributed by atoms with E-state index in [1.165, 1.54) is 12.0 Å². The van der Waals surface area contributed by atoms with Gasteiger partial charge in [0.25, 0.3) is 0 Å². The van der Waals surface area contributed by atoms with Gasteiger partial charge in [-0.2, -0.15) is 0 Å². The van der Waals surface area contributed by atoms with Gasteiger partial charge in [0, 0.05) is 25.2 Å². The Morgan fingerprint density at radius 3 is 3.07 bits per heavy atom. The van der Waals surface area contributed by atoms with Crippen LogP contribution in [-0.4, -0.2) is 24.0 Å². The van der Waals surface area contributed by atoms with Crippen LogP contribution in [0, 0.1) is 12.8 Å². The van der Waals surface area contributed by atoms with Crippen molar-refractivity contribution in [2.75, 3.05) is 23.9 Å². The highest BCUT2D eigenvalue weighted by Gasteiger charge is 2.22. The van der Waals surface area contributed by atoms with Crippen LogP contribution >= 0.6 is 11.6 Å². The van der Waals surface area contributed by atoms with Gasteiger partial charge in [0.15, 0.2) is 0 Å². The van der Waals surface area contributed by atoms with Crippen LogP contribution in [0.2, 0.25) is 0 Å². The summed E-state index contributed by atoms with van der Waals surface area (Å²) in [7, 11) is 0. The molecule has 1 aliphatic heterocycles. The summed E-state index contributed by atoms with van der Waals surface area (Å²) in [5.74, 6) is 2.64. The molecule has 15 heavy (non-hydrogen) atoms. The van der Waals surface area contributed by atoms with Crippen LogP contribution in [0.15, 0.2) is 18.3 Å². The molecule has 0 aromatic carbocycles. The zero-order valence-corrected chi connectivity index (χ0v) is 9.87. The number of aryl methyl sites for hydroxylation is 1. The summed E-state index contributed by atoms with van der Waals surface area (Å²) in [6.45, 7) is 4.30. The van der Waals surface area contributed by atoms with E-state index < -0.39 is 0 Å². The molecule has 1 saturated heterocycles. The first-order valence-electron chi connectivity index (χ1n) is 5.53. The van der Waals surface area contributed by atoms with Gasteiger partial charge in [-0.1, -0.05) is 6.07 Å². The van der Waals surface area contributed by atoms with Gasteiger partial charge in [-0.15, -0.1) is 11.6 Å². The van der Waals surface area contributed by atoms with E-state index >= 15 is 0 Å². The highest BCUT2D eigenvalue weighted by molar-refractivity contribution is 6.17. The molecule has 0 spiro atoms. The van der Waals surface area contributed by atoms with E-state index in [9.17, 15) is 0 Å². The van der Waals surface area contributed by atoms with Crippen molar-refractivity contribution in [1.82, 2.24) is 4.98 Å². The Morgan fingerprint density at radius 1 is 1.53 bits per heavy atom. The van der Waals surface area contributed by atoms with Gasteiger partial charge in [-0.25, -0.2) is 4.98 Å². The molecule has 2 nitrogen and oxygen atoms in total. The van der Waals surface area contributed by atoms with Gasteiger partial charge in [-0.3, -0.25) is 0 Å². The molecule has 0 aliphatic carbocycles. The van der Waals surface area contributed by atoms with Crippen molar-refractivity contribution < 1.29 is 0 Å². The molecule has 2 rings (SSSR count). The Balaban J connectivity index is 1.98. The summed E-state index contributed by atoms with van der Waals surface area (Å²) in [5.41, 5.74) is 1.22. The van der Waals surface area contributed by atoms with Crippen molar-refractivity contribution in [3.8, 4) is 0 Å². The zero-order valence-electron chi connectivity index (χ0n) is 9.12. The first-order valence-corrected chi connectivity index (χ1v) is 6.06. The van der Waals surface area contributed by atoms with Crippen molar-refractivity contribution in [1.29, 1.82) is 0 Å². The second-order valence-electron chi connectivity index (χ2n) is 4.27. The van der Waals surface area contributed by atoms with Crippen molar-refractivity contribution in [3.63, 3.8) is 0 Å². The van der Waals surface area contributed by atoms with Crippen LogP contribution in [0.4, 0.5) is 5.82 Å². The minimum Gasteiger partial charge on any atom is -0.356 e. The quantitative estimate of drug-likeness (QED) is 0.734. The predicted molar refractivity (Wildman–Crippen MR) is 64.6 cm³/mol. The highest BCUT2D eigenvalue weighted by atomic mass is 35.5. The molecule has 1 aromatic heterocycles. The van der Waals surface area contributed by atoms with Crippen LogP contribution in [0.25, 0.3) is 0 Å². The molecule has 1 aromatic rings. The molecule has 82 valence electrons. The first-order chi connectivity index (χ1) is 7.29. The van der Waals surface area contributed by atoms with Crippen LogP contribution in [0.3, 0.4) is 0 Å². The van der Waals surface area contributed by atoms with E-state index in [2.05, 4.69) is 28.9 Å². The topological polar surface area (TPSA) is 16.1 Å². The van der Waals surface area contributed by atoms with E-state index in [0.29, 0.717) is 0 Å². The monoisotopic (exact) mass is 224 g/mol. The second kappa shape index (κ2) is 4.84. The number of pyridine rings is 1. The number of hydrogen-bond acceptors (Lipinski definition) is 2. The molecular weight excluding hydrogens is 208 g/mol. The van der Waals surface area contributed by atoms with Gasteiger partial charge in [0.1, 0.15) is 5.82 Å². The Morgan fingerprint density at radius 2 is 2.40 bits per heavy atom. The molecular formula is C12H17ClN2. The first kappa shape index (κ1) is 10.7. The molecule has 0 saturated carbocycles. The molecule has 1 fully saturated rings. The summed E-state index contributed by atoms with van der Waals surface area (Å²) < 4.78 is 0. The van der Waals surface area contributed by atoms with Gasteiger partial charge in [0.2, 0.25) is 0 Å². The maximum Gasteiger partial charge on any atom is 0.128 e. The second-order valence-corrected chi connectivity index (χ2v) is 4.65. The predicted octanol–water partition coefficient (Wildman–Crippen LogP) is 2.85. The van der Waals surface area contributed by atoms with E-state index in [4.69, 9.17) is 11.6 Å². The van der Waals surface area contributed by atoms with Crippen LogP contribution < -0.4 is 4.90 Å². The van der Waals surface area contributed by atoms with Gasteiger partial charge in [0.05, 0.1) is 0 Å². The lowest BCUT2D eigenvalue weighted by molar-refractivity contribution is 0.572. The molecule has 3 heteroatoms. The number of rotatable bonds is 3. The standard InChI is InChI=1S/C12H17ClN2/c1-10-2-3-12(14-8-10)15-7-5-11(9-15)4-6-13/h2-3,8,11H,4-7,9H2,1H3. The minimum atomic E-state index is 0.755. The smallest absolute Gasteiger partial charge is 0.128 e. The number of alkyl halides is 1. The van der Waals surface area contributed by atoms with Crippen LogP contribution in [0.1, 0.15) is 18.4 Å². The summed E-state index contributed by atoms with van der Waals surface area (Å²) in [6, 6.07) is 4.23. The van der Waals surface area contributed by atoms with Gasteiger partial charge in [-0.05, 0) is 37.3 Å².